The lowest BCUT2D eigenvalue weighted by molar-refractivity contribution is -0.123. The van der Waals surface area contributed by atoms with Crippen molar-refractivity contribution in [1.82, 2.24) is 10.3 Å². The van der Waals surface area contributed by atoms with E-state index >= 15 is 0 Å². The number of para-hydroxylation sites is 1. The molecule has 1 aliphatic rings. The molecule has 5 heteroatoms. The fourth-order valence-electron chi connectivity index (χ4n) is 3.19. The highest BCUT2D eigenvalue weighted by Crippen LogP contribution is 2.34. The smallest absolute Gasteiger partial charge is 0.231 e. The summed E-state index contributed by atoms with van der Waals surface area (Å²) in [5.41, 5.74) is 2.57. The number of carbonyl (C=O) groups excluding carboxylic acids is 1. The molecule has 2 aromatic carbocycles. The van der Waals surface area contributed by atoms with Gasteiger partial charge in [-0.15, -0.1) is 0 Å². The SMILES string of the molecule is O=C(N[C@H](c1ccncc1)c1ccc(F)cc1)[C@H]1COc2ccccc21. The van der Waals surface area contributed by atoms with E-state index in [-0.39, 0.29) is 23.7 Å². The molecule has 3 aromatic rings. The Bertz CT molecular complexity index is 913. The summed E-state index contributed by atoms with van der Waals surface area (Å²) in [6, 6.07) is 17.0. The predicted molar refractivity (Wildman–Crippen MR) is 95.3 cm³/mol. The topological polar surface area (TPSA) is 51.2 Å². The molecule has 0 fully saturated rings. The van der Waals surface area contributed by atoms with Gasteiger partial charge in [0.05, 0.1) is 6.04 Å². The van der Waals surface area contributed by atoms with Gasteiger partial charge in [-0.25, -0.2) is 4.39 Å². The van der Waals surface area contributed by atoms with Crippen molar-refractivity contribution in [3.8, 4) is 5.75 Å². The lowest BCUT2D eigenvalue weighted by atomic mass is 9.96. The zero-order valence-electron chi connectivity index (χ0n) is 13.9. The molecular formula is C21H17FN2O2. The van der Waals surface area contributed by atoms with Crippen LogP contribution in [-0.4, -0.2) is 17.5 Å². The van der Waals surface area contributed by atoms with Crippen molar-refractivity contribution < 1.29 is 13.9 Å². The molecule has 1 N–H and O–H groups in total. The zero-order valence-corrected chi connectivity index (χ0v) is 13.9. The van der Waals surface area contributed by atoms with E-state index in [1.807, 2.05) is 36.4 Å². The number of fused-ring (bicyclic) bond motifs is 1. The van der Waals surface area contributed by atoms with Gasteiger partial charge in [-0.3, -0.25) is 9.78 Å². The highest BCUT2D eigenvalue weighted by atomic mass is 19.1. The van der Waals surface area contributed by atoms with E-state index in [4.69, 9.17) is 4.74 Å². The van der Waals surface area contributed by atoms with Crippen LogP contribution in [0.1, 0.15) is 28.7 Å². The van der Waals surface area contributed by atoms with Crippen LogP contribution in [0.4, 0.5) is 4.39 Å². The van der Waals surface area contributed by atoms with Crippen LogP contribution < -0.4 is 10.1 Å². The maximum atomic E-state index is 13.3. The zero-order chi connectivity index (χ0) is 17.9. The molecule has 1 amide bonds. The number of nitrogens with one attached hydrogen (secondary N) is 1. The molecule has 0 radical (unpaired) electrons. The molecule has 0 unspecified atom stereocenters. The number of aromatic nitrogens is 1. The molecular weight excluding hydrogens is 331 g/mol. The molecule has 0 bridgehead atoms. The number of hydrogen-bond donors (Lipinski definition) is 1. The van der Waals surface area contributed by atoms with Crippen molar-refractivity contribution in [2.24, 2.45) is 0 Å². The Morgan fingerprint density at radius 2 is 1.73 bits per heavy atom. The van der Waals surface area contributed by atoms with Gasteiger partial charge in [-0.2, -0.15) is 0 Å². The highest BCUT2D eigenvalue weighted by molar-refractivity contribution is 5.86. The number of amides is 1. The molecule has 0 aliphatic carbocycles. The molecule has 0 saturated carbocycles. The third-order valence-corrected chi connectivity index (χ3v) is 4.55. The Morgan fingerprint density at radius 1 is 1.04 bits per heavy atom. The van der Waals surface area contributed by atoms with E-state index in [0.29, 0.717) is 6.61 Å². The normalized spacial score (nSPS) is 16.4. The Morgan fingerprint density at radius 3 is 2.50 bits per heavy atom. The number of nitrogens with zero attached hydrogens (tertiary/aromatic N) is 1. The second kappa shape index (κ2) is 6.96. The number of hydrogen-bond acceptors (Lipinski definition) is 3. The van der Waals surface area contributed by atoms with Crippen molar-refractivity contribution in [2.45, 2.75) is 12.0 Å². The van der Waals surface area contributed by atoms with Crippen LogP contribution in [-0.2, 0) is 4.79 Å². The molecule has 1 aliphatic heterocycles. The lowest BCUT2D eigenvalue weighted by Crippen LogP contribution is -2.34. The minimum atomic E-state index is -0.390. The van der Waals surface area contributed by atoms with Crippen LogP contribution in [0.15, 0.2) is 73.1 Å². The van der Waals surface area contributed by atoms with E-state index in [2.05, 4.69) is 10.3 Å². The Hall–Kier alpha value is -3.21. The summed E-state index contributed by atoms with van der Waals surface area (Å²) in [7, 11) is 0. The number of carbonyl (C=O) groups is 1. The Kier molecular flexibility index (Phi) is 4.35. The van der Waals surface area contributed by atoms with Gasteiger partial charge in [0.1, 0.15) is 24.1 Å². The van der Waals surface area contributed by atoms with E-state index < -0.39 is 0 Å². The molecule has 0 saturated heterocycles. The van der Waals surface area contributed by atoms with E-state index in [1.54, 1.807) is 24.5 Å². The number of rotatable bonds is 4. The molecule has 4 nitrogen and oxygen atoms in total. The first-order valence-corrected chi connectivity index (χ1v) is 8.40. The van der Waals surface area contributed by atoms with Gasteiger partial charge in [0.25, 0.3) is 0 Å². The third kappa shape index (κ3) is 3.16. The summed E-state index contributed by atoms with van der Waals surface area (Å²) in [5.74, 6) is -0.0568. The van der Waals surface area contributed by atoms with Crippen molar-refractivity contribution in [2.75, 3.05) is 6.61 Å². The first-order chi connectivity index (χ1) is 12.7. The second-order valence-electron chi connectivity index (χ2n) is 6.18. The molecule has 1 aromatic heterocycles. The quantitative estimate of drug-likeness (QED) is 0.784. The van der Waals surface area contributed by atoms with Crippen LogP contribution in [0.5, 0.6) is 5.75 Å². The maximum Gasteiger partial charge on any atom is 0.231 e. The molecule has 26 heavy (non-hydrogen) atoms. The highest BCUT2D eigenvalue weighted by Gasteiger charge is 2.31. The van der Waals surface area contributed by atoms with Crippen molar-refractivity contribution in [1.29, 1.82) is 0 Å². The summed E-state index contributed by atoms with van der Waals surface area (Å²) in [6.45, 7) is 0.317. The summed E-state index contributed by atoms with van der Waals surface area (Å²) < 4.78 is 18.9. The molecule has 4 rings (SSSR count). The van der Waals surface area contributed by atoms with Crippen LogP contribution in [0.25, 0.3) is 0 Å². The van der Waals surface area contributed by atoms with Crippen molar-refractivity contribution in [3.05, 3.63) is 95.6 Å². The minimum absolute atomic E-state index is 0.124. The van der Waals surface area contributed by atoms with E-state index in [1.165, 1.54) is 12.1 Å². The average Bonchev–Trinajstić information content (AvgIpc) is 3.12. The molecule has 130 valence electrons. The fraction of sp³-hybridized carbons (Fsp3) is 0.143. The number of halogens is 1. The van der Waals surface area contributed by atoms with Gasteiger partial charge >= 0.3 is 0 Å². The van der Waals surface area contributed by atoms with Gasteiger partial charge < -0.3 is 10.1 Å². The predicted octanol–water partition coefficient (Wildman–Crippen LogP) is 3.60. The summed E-state index contributed by atoms with van der Waals surface area (Å²) in [4.78, 5) is 17.0. The number of benzene rings is 2. The monoisotopic (exact) mass is 348 g/mol. The third-order valence-electron chi connectivity index (χ3n) is 4.55. The standard InChI is InChI=1S/C21H17FN2O2/c22-16-7-5-14(6-8-16)20(15-9-11-23-12-10-15)24-21(25)18-13-26-19-4-2-1-3-17(18)19/h1-12,18,20H,13H2,(H,24,25)/t18-,20-/m0/s1. The second-order valence-corrected chi connectivity index (χ2v) is 6.18. The molecule has 2 atom stereocenters. The van der Waals surface area contributed by atoms with E-state index in [9.17, 15) is 9.18 Å². The van der Waals surface area contributed by atoms with Gasteiger partial charge in [0.2, 0.25) is 5.91 Å². The van der Waals surface area contributed by atoms with Crippen molar-refractivity contribution in [3.63, 3.8) is 0 Å². The maximum absolute atomic E-state index is 13.3. The van der Waals surface area contributed by atoms with Gasteiger partial charge in [0.15, 0.2) is 0 Å². The van der Waals surface area contributed by atoms with Crippen LogP contribution in [0, 0.1) is 5.82 Å². The first-order valence-electron chi connectivity index (χ1n) is 8.40. The lowest BCUT2D eigenvalue weighted by Gasteiger charge is -2.21. The summed E-state index contributed by atoms with van der Waals surface area (Å²) >= 11 is 0. The minimum Gasteiger partial charge on any atom is -0.492 e. The van der Waals surface area contributed by atoms with Crippen LogP contribution >= 0.6 is 0 Å². The van der Waals surface area contributed by atoms with Crippen LogP contribution in [0.2, 0.25) is 0 Å². The summed E-state index contributed by atoms with van der Waals surface area (Å²) in [6.07, 6.45) is 3.35. The van der Waals surface area contributed by atoms with Gasteiger partial charge in [0, 0.05) is 18.0 Å². The van der Waals surface area contributed by atoms with Gasteiger partial charge in [-0.1, -0.05) is 30.3 Å². The molecule has 2 heterocycles. The number of pyridine rings is 1. The van der Waals surface area contributed by atoms with E-state index in [0.717, 1.165) is 22.4 Å². The first kappa shape index (κ1) is 16.3. The fourth-order valence-corrected chi connectivity index (χ4v) is 3.19. The molecule has 0 spiro atoms. The Labute approximate surface area is 150 Å². The summed E-state index contributed by atoms with van der Waals surface area (Å²) in [5, 5.41) is 3.08. The van der Waals surface area contributed by atoms with Crippen molar-refractivity contribution >= 4 is 5.91 Å². The van der Waals surface area contributed by atoms with Crippen LogP contribution in [0.3, 0.4) is 0 Å². The Balaban J connectivity index is 1.63. The van der Waals surface area contributed by atoms with Gasteiger partial charge in [-0.05, 0) is 41.5 Å². The number of ether oxygens (including phenoxy) is 1. The average molecular weight is 348 g/mol. The largest absolute Gasteiger partial charge is 0.492 e.